The molecule has 2 aliphatic heterocycles. The predicted molar refractivity (Wildman–Crippen MR) is 159 cm³/mol. The topological polar surface area (TPSA) is 97.2 Å². The molecule has 4 heterocycles. The van der Waals surface area contributed by atoms with Crippen LogP contribution in [0.5, 0.6) is 0 Å². The first kappa shape index (κ1) is 25.6. The van der Waals surface area contributed by atoms with E-state index >= 15 is 0 Å². The van der Waals surface area contributed by atoms with Crippen LogP contribution in [0.15, 0.2) is 54.7 Å². The van der Waals surface area contributed by atoms with Crippen LogP contribution in [-0.2, 0) is 6.42 Å². The molecule has 0 bridgehead atoms. The summed E-state index contributed by atoms with van der Waals surface area (Å²) < 4.78 is 0. The summed E-state index contributed by atoms with van der Waals surface area (Å²) >= 11 is 0. The monoisotopic (exact) mass is 531 g/mol. The van der Waals surface area contributed by atoms with Crippen LogP contribution >= 0.6 is 0 Å². The molecule has 4 aromatic rings. The molecule has 0 aliphatic carbocycles. The van der Waals surface area contributed by atoms with Crippen LogP contribution in [-0.4, -0.2) is 46.6 Å². The lowest BCUT2D eigenvalue weighted by Crippen LogP contribution is -2.49. The molecule has 2 aromatic heterocycles. The number of urea groups is 1. The summed E-state index contributed by atoms with van der Waals surface area (Å²) in [6, 6.07) is 18.4. The van der Waals surface area contributed by atoms with Gasteiger partial charge >= 0.3 is 6.03 Å². The summed E-state index contributed by atoms with van der Waals surface area (Å²) in [6.07, 6.45) is 4.40. The number of aryl methyl sites for hydroxylation is 3. The zero-order valence-corrected chi connectivity index (χ0v) is 23.2. The highest BCUT2D eigenvalue weighted by atomic mass is 16.2. The number of rotatable bonds is 4. The Morgan fingerprint density at radius 2 is 1.85 bits per heavy atom. The van der Waals surface area contributed by atoms with Gasteiger partial charge < -0.3 is 20.4 Å². The number of anilines is 4. The molecule has 2 amide bonds. The normalized spacial score (nSPS) is 15.8. The number of amides is 2. The molecule has 0 saturated carbocycles. The second kappa shape index (κ2) is 10.5. The summed E-state index contributed by atoms with van der Waals surface area (Å²) in [5, 5.41) is 16.9. The van der Waals surface area contributed by atoms with Crippen molar-refractivity contribution in [2.75, 3.05) is 35.2 Å². The van der Waals surface area contributed by atoms with Crippen molar-refractivity contribution in [1.82, 2.24) is 14.9 Å². The Morgan fingerprint density at radius 3 is 2.60 bits per heavy atom. The maximum absolute atomic E-state index is 13.0. The van der Waals surface area contributed by atoms with E-state index in [1.807, 2.05) is 30.2 Å². The van der Waals surface area contributed by atoms with Crippen molar-refractivity contribution in [2.24, 2.45) is 0 Å². The average molecular weight is 532 g/mol. The van der Waals surface area contributed by atoms with E-state index in [1.54, 1.807) is 6.07 Å². The number of carbonyl (C=O) groups is 1. The van der Waals surface area contributed by atoms with Crippen molar-refractivity contribution in [3.63, 3.8) is 0 Å². The van der Waals surface area contributed by atoms with E-state index in [4.69, 9.17) is 9.97 Å². The lowest BCUT2D eigenvalue weighted by Gasteiger charge is -2.38. The zero-order valence-electron chi connectivity index (χ0n) is 23.2. The first-order chi connectivity index (χ1) is 19.4. The van der Waals surface area contributed by atoms with Gasteiger partial charge in [0.15, 0.2) is 0 Å². The minimum absolute atomic E-state index is 0.0558. The van der Waals surface area contributed by atoms with Gasteiger partial charge in [-0.2, -0.15) is 5.26 Å². The lowest BCUT2D eigenvalue weighted by molar-refractivity contribution is 0.177. The van der Waals surface area contributed by atoms with Gasteiger partial charge in [-0.15, -0.1) is 0 Å². The number of benzene rings is 2. The number of fused-ring (bicyclic) bond motifs is 2. The second-order valence-electron chi connectivity index (χ2n) is 10.9. The summed E-state index contributed by atoms with van der Waals surface area (Å²) in [7, 11) is 0. The van der Waals surface area contributed by atoms with E-state index in [1.165, 1.54) is 11.1 Å². The lowest BCUT2D eigenvalue weighted by atomic mass is 10.0. The minimum Gasteiger partial charge on any atom is -0.356 e. The molecule has 1 fully saturated rings. The highest BCUT2D eigenvalue weighted by molar-refractivity contribution is 5.95. The Kier molecular flexibility index (Phi) is 6.72. The van der Waals surface area contributed by atoms with Gasteiger partial charge in [0.05, 0.1) is 29.0 Å². The predicted octanol–water partition coefficient (Wildman–Crippen LogP) is 6.23. The second-order valence-corrected chi connectivity index (χ2v) is 10.9. The molecule has 40 heavy (non-hydrogen) atoms. The van der Waals surface area contributed by atoms with E-state index < -0.39 is 0 Å². The number of pyridine rings is 2. The molecule has 2 aromatic carbocycles. The number of aromatic nitrogens is 2. The fraction of sp³-hybridized carbons (Fsp3) is 0.312. The van der Waals surface area contributed by atoms with Gasteiger partial charge in [-0.3, -0.25) is 4.98 Å². The van der Waals surface area contributed by atoms with E-state index in [-0.39, 0.29) is 12.1 Å². The SMILES string of the molecule is Cc1cc(C)c2nc(C)cc(Nc3ccc(N4CCC(N5CCc6cc(C#N)ccc6NC5=O)CC4)nc3)c2c1. The van der Waals surface area contributed by atoms with E-state index in [0.717, 1.165) is 77.4 Å². The highest BCUT2D eigenvalue weighted by Crippen LogP contribution is 2.31. The molecular weight excluding hydrogens is 498 g/mol. The number of carbonyl (C=O) groups excluding carboxylic acids is 1. The number of hydrogen-bond acceptors (Lipinski definition) is 6. The molecular formula is C32H33N7O. The van der Waals surface area contributed by atoms with Crippen LogP contribution in [0.1, 0.15) is 40.8 Å². The van der Waals surface area contributed by atoms with Crippen molar-refractivity contribution < 1.29 is 4.79 Å². The van der Waals surface area contributed by atoms with Crippen LogP contribution in [0.3, 0.4) is 0 Å². The van der Waals surface area contributed by atoms with Crippen molar-refractivity contribution in [1.29, 1.82) is 5.26 Å². The molecule has 2 aliphatic rings. The Bertz CT molecular complexity index is 1630. The number of piperidine rings is 1. The number of hydrogen-bond donors (Lipinski definition) is 2. The first-order valence-corrected chi connectivity index (χ1v) is 13.9. The summed E-state index contributed by atoms with van der Waals surface area (Å²) in [5.41, 5.74) is 8.81. The Labute approximate surface area is 234 Å². The Morgan fingerprint density at radius 1 is 1.02 bits per heavy atom. The Balaban J connectivity index is 1.10. The molecule has 1 saturated heterocycles. The summed E-state index contributed by atoms with van der Waals surface area (Å²) in [5.74, 6) is 0.947. The van der Waals surface area contributed by atoms with Gasteiger partial charge in [-0.05, 0) is 93.6 Å². The third-order valence-corrected chi connectivity index (χ3v) is 7.99. The van der Waals surface area contributed by atoms with Crippen molar-refractivity contribution in [3.8, 4) is 6.07 Å². The van der Waals surface area contributed by atoms with E-state index in [2.05, 4.69) is 65.8 Å². The molecule has 2 N–H and O–H groups in total. The number of nitriles is 1. The molecule has 0 unspecified atom stereocenters. The zero-order chi connectivity index (χ0) is 27.8. The molecule has 0 atom stereocenters. The van der Waals surface area contributed by atoms with Crippen LogP contribution in [0.2, 0.25) is 0 Å². The molecule has 0 spiro atoms. The first-order valence-electron chi connectivity index (χ1n) is 13.9. The fourth-order valence-electron chi connectivity index (χ4n) is 5.99. The van der Waals surface area contributed by atoms with Crippen LogP contribution in [0.4, 0.5) is 27.7 Å². The maximum atomic E-state index is 13.0. The molecule has 8 heteroatoms. The van der Waals surface area contributed by atoms with E-state index in [9.17, 15) is 10.1 Å². The molecule has 8 nitrogen and oxygen atoms in total. The Hall–Kier alpha value is -4.64. The van der Waals surface area contributed by atoms with Gasteiger partial charge in [0.2, 0.25) is 0 Å². The third kappa shape index (κ3) is 5.03. The van der Waals surface area contributed by atoms with Crippen LogP contribution in [0.25, 0.3) is 10.9 Å². The van der Waals surface area contributed by atoms with Crippen LogP contribution in [0, 0.1) is 32.1 Å². The summed E-state index contributed by atoms with van der Waals surface area (Å²) in [4.78, 5) is 26.8. The van der Waals surface area contributed by atoms with Crippen LogP contribution < -0.4 is 15.5 Å². The molecule has 0 radical (unpaired) electrons. The van der Waals surface area contributed by atoms with Gasteiger partial charge in [0, 0.05) is 48.1 Å². The van der Waals surface area contributed by atoms with E-state index in [0.29, 0.717) is 12.1 Å². The van der Waals surface area contributed by atoms with Crippen molar-refractivity contribution in [3.05, 3.63) is 82.7 Å². The smallest absolute Gasteiger partial charge is 0.322 e. The summed E-state index contributed by atoms with van der Waals surface area (Å²) in [6.45, 7) is 8.57. The van der Waals surface area contributed by atoms with Gasteiger partial charge in [0.1, 0.15) is 5.82 Å². The molecule has 6 rings (SSSR count). The highest BCUT2D eigenvalue weighted by Gasteiger charge is 2.30. The average Bonchev–Trinajstić information content (AvgIpc) is 3.11. The quantitative estimate of drug-likeness (QED) is 0.324. The number of nitrogens with zero attached hydrogens (tertiary/aromatic N) is 5. The van der Waals surface area contributed by atoms with Crippen molar-refractivity contribution >= 4 is 39.8 Å². The third-order valence-electron chi connectivity index (χ3n) is 7.99. The van der Waals surface area contributed by atoms with Gasteiger partial charge in [0.25, 0.3) is 0 Å². The standard InChI is InChI=1S/C32H33N7O/c1-20-14-21(2)31-27(15-20)29(16-22(3)35-31)36-25-5-7-30(34-19-25)38-11-9-26(10-12-38)39-13-8-24-17-23(18-33)4-6-28(24)37-32(39)40/h4-7,14-17,19,26H,8-13H2,1-3H3,(H,35,36)(H,37,40). The number of nitrogens with one attached hydrogen (secondary N) is 2. The largest absolute Gasteiger partial charge is 0.356 e. The minimum atomic E-state index is -0.0558. The van der Waals surface area contributed by atoms with Gasteiger partial charge in [-0.1, -0.05) is 11.6 Å². The van der Waals surface area contributed by atoms with Crippen molar-refractivity contribution in [2.45, 2.75) is 46.1 Å². The van der Waals surface area contributed by atoms with Gasteiger partial charge in [-0.25, -0.2) is 9.78 Å². The fourth-order valence-corrected chi connectivity index (χ4v) is 5.99. The molecule has 202 valence electrons. The maximum Gasteiger partial charge on any atom is 0.322 e.